The highest BCUT2D eigenvalue weighted by atomic mass is 16.4. The molecule has 1 fully saturated rings. The number of nitrogens with one attached hydrogen (secondary N) is 2. The van der Waals surface area contributed by atoms with Gasteiger partial charge < -0.3 is 30.6 Å². The number of aryl methyl sites for hydroxylation is 1. The number of aliphatic hydroxyl groups is 1. The van der Waals surface area contributed by atoms with Gasteiger partial charge in [0.05, 0.1) is 30.1 Å². The maximum absolute atomic E-state index is 14.4. The summed E-state index contributed by atoms with van der Waals surface area (Å²) in [6.07, 6.45) is 0.0766. The van der Waals surface area contributed by atoms with Gasteiger partial charge in [0.25, 0.3) is 0 Å². The van der Waals surface area contributed by atoms with Crippen LogP contribution < -0.4 is 10.6 Å². The predicted octanol–water partition coefficient (Wildman–Crippen LogP) is 5.46. The van der Waals surface area contributed by atoms with E-state index in [2.05, 4.69) is 20.6 Å². The Hall–Kier alpha value is -5.29. The molecule has 5 rings (SSSR count). The van der Waals surface area contributed by atoms with Gasteiger partial charge in [-0.15, -0.1) is 0 Å². The zero-order valence-electron chi connectivity index (χ0n) is 29.7. The van der Waals surface area contributed by atoms with Crippen molar-refractivity contribution in [3.8, 4) is 11.3 Å². The largest absolute Gasteiger partial charge is 0.465 e. The zero-order chi connectivity index (χ0) is 36.5. The first-order valence-electron chi connectivity index (χ1n) is 17.4. The monoisotopic (exact) mass is 692 g/mol. The van der Waals surface area contributed by atoms with Crippen molar-refractivity contribution in [2.24, 2.45) is 5.41 Å². The van der Waals surface area contributed by atoms with Crippen LogP contribution in [-0.4, -0.2) is 85.3 Å². The number of rotatable bonds is 14. The fourth-order valence-electron chi connectivity index (χ4n) is 6.74. The maximum atomic E-state index is 14.4. The van der Waals surface area contributed by atoms with E-state index in [0.717, 1.165) is 33.8 Å². The van der Waals surface area contributed by atoms with Crippen LogP contribution in [0, 0.1) is 12.3 Å². The van der Waals surface area contributed by atoms with Crippen molar-refractivity contribution in [3.63, 3.8) is 0 Å². The lowest BCUT2D eigenvalue weighted by Gasteiger charge is -2.38. The number of carboxylic acid groups (broad SMARTS) is 1. The summed E-state index contributed by atoms with van der Waals surface area (Å²) in [4.78, 5) is 52.3. The lowest BCUT2D eigenvalue weighted by atomic mass is 9.84. The van der Waals surface area contributed by atoms with Crippen molar-refractivity contribution in [1.82, 2.24) is 30.4 Å². The summed E-state index contributed by atoms with van der Waals surface area (Å²) in [5, 5.41) is 26.9. The molecule has 4 N–H and O–H groups in total. The highest BCUT2D eigenvalue weighted by Crippen LogP contribution is 2.29. The molecule has 4 amide bonds. The average molecular weight is 693 g/mol. The molecule has 4 atom stereocenters. The number of amides is 4. The van der Waals surface area contributed by atoms with Crippen molar-refractivity contribution in [2.75, 3.05) is 13.1 Å². The smallest absolute Gasteiger partial charge is 0.404 e. The number of carbonyl (C=O) groups is 3. The minimum Gasteiger partial charge on any atom is -0.465 e. The molecular weight excluding hydrogens is 644 g/mol. The number of hydrogen-bond donors (Lipinski definition) is 4. The van der Waals surface area contributed by atoms with Crippen LogP contribution in [-0.2, 0) is 24.2 Å². The Morgan fingerprint density at radius 2 is 1.57 bits per heavy atom. The Kier molecular flexibility index (Phi) is 12.0. The van der Waals surface area contributed by atoms with Gasteiger partial charge in [-0.3, -0.25) is 14.8 Å². The van der Waals surface area contributed by atoms with Crippen molar-refractivity contribution < 1.29 is 24.6 Å². The molecule has 0 saturated carbocycles. The van der Waals surface area contributed by atoms with Gasteiger partial charge in [0.1, 0.15) is 6.04 Å². The molecule has 4 aromatic rings. The molecule has 0 bridgehead atoms. The summed E-state index contributed by atoms with van der Waals surface area (Å²) in [7, 11) is 0. The first-order chi connectivity index (χ1) is 24.4. The van der Waals surface area contributed by atoms with Crippen LogP contribution in [0.2, 0.25) is 0 Å². The maximum Gasteiger partial charge on any atom is 0.404 e. The van der Waals surface area contributed by atoms with Crippen LogP contribution in [0.1, 0.15) is 49.7 Å². The van der Waals surface area contributed by atoms with Gasteiger partial charge in [0, 0.05) is 36.6 Å². The zero-order valence-corrected chi connectivity index (χ0v) is 29.7. The van der Waals surface area contributed by atoms with Gasteiger partial charge >= 0.3 is 12.1 Å². The summed E-state index contributed by atoms with van der Waals surface area (Å²) >= 11 is 0. The van der Waals surface area contributed by atoms with Crippen LogP contribution in [0.15, 0.2) is 97.2 Å². The van der Waals surface area contributed by atoms with Gasteiger partial charge in [-0.2, -0.15) is 0 Å². The van der Waals surface area contributed by atoms with Gasteiger partial charge in [-0.1, -0.05) is 87.5 Å². The Labute approximate surface area is 299 Å². The number of pyridine rings is 2. The Morgan fingerprint density at radius 3 is 2.22 bits per heavy atom. The molecule has 2 aromatic carbocycles. The highest BCUT2D eigenvalue weighted by molar-refractivity contribution is 5.89. The molecule has 0 radical (unpaired) electrons. The number of hydrogen-bond acceptors (Lipinski definition) is 6. The third-order valence-corrected chi connectivity index (χ3v) is 9.15. The second-order valence-electron chi connectivity index (χ2n) is 14.3. The molecular formula is C40H48N6O5. The van der Waals surface area contributed by atoms with E-state index in [1.165, 1.54) is 0 Å². The lowest BCUT2D eigenvalue weighted by Crippen LogP contribution is -2.57. The van der Waals surface area contributed by atoms with Crippen LogP contribution in [0.5, 0.6) is 0 Å². The number of benzene rings is 2. The van der Waals surface area contributed by atoms with E-state index in [1.54, 1.807) is 16.0 Å². The number of aliphatic hydroxyl groups excluding tert-OH is 1. The normalized spacial score (nSPS) is 15.6. The summed E-state index contributed by atoms with van der Waals surface area (Å²) < 4.78 is 0. The molecule has 0 spiro atoms. The second-order valence-corrected chi connectivity index (χ2v) is 14.3. The predicted molar refractivity (Wildman–Crippen MR) is 196 cm³/mol. The minimum atomic E-state index is -1.24. The van der Waals surface area contributed by atoms with E-state index in [4.69, 9.17) is 0 Å². The third kappa shape index (κ3) is 10.1. The van der Waals surface area contributed by atoms with Crippen LogP contribution in [0.25, 0.3) is 11.3 Å². The highest BCUT2D eigenvalue weighted by Gasteiger charge is 2.44. The van der Waals surface area contributed by atoms with Crippen molar-refractivity contribution in [2.45, 2.75) is 77.7 Å². The van der Waals surface area contributed by atoms with Crippen molar-refractivity contribution in [1.29, 1.82) is 0 Å². The summed E-state index contributed by atoms with van der Waals surface area (Å²) in [6, 6.07) is 26.2. The van der Waals surface area contributed by atoms with Crippen LogP contribution in [0.4, 0.5) is 9.59 Å². The van der Waals surface area contributed by atoms with Gasteiger partial charge in [-0.05, 0) is 67.0 Å². The van der Waals surface area contributed by atoms with E-state index in [9.17, 15) is 24.6 Å². The van der Waals surface area contributed by atoms with Gasteiger partial charge in [0.2, 0.25) is 5.91 Å². The summed E-state index contributed by atoms with van der Waals surface area (Å²) in [5.74, 6) is -0.334. The third-order valence-electron chi connectivity index (χ3n) is 9.15. The average Bonchev–Trinajstić information content (AvgIpc) is 3.43. The molecule has 11 nitrogen and oxygen atoms in total. The molecule has 268 valence electrons. The molecule has 51 heavy (non-hydrogen) atoms. The number of urea groups is 1. The van der Waals surface area contributed by atoms with Crippen molar-refractivity contribution in [3.05, 3.63) is 120 Å². The van der Waals surface area contributed by atoms with E-state index >= 15 is 0 Å². The SMILES string of the molecule is Cc1cccc(CN2CCN([C@H](C(=O)N[C@@H](Cc3ccc(-c4ccccn4)cc3)C[C@H](O)[C@H](Cc3ccccc3)NC(=O)O)C(C)(C)C)C2=O)n1. The Morgan fingerprint density at radius 1 is 0.863 bits per heavy atom. The molecule has 2 aromatic heterocycles. The molecule has 1 aliphatic rings. The fourth-order valence-corrected chi connectivity index (χ4v) is 6.74. The first-order valence-corrected chi connectivity index (χ1v) is 17.4. The molecule has 3 heterocycles. The number of nitrogens with zero attached hydrogens (tertiary/aromatic N) is 4. The van der Waals surface area contributed by atoms with E-state index in [0.29, 0.717) is 26.1 Å². The summed E-state index contributed by atoms with van der Waals surface area (Å²) in [6.45, 7) is 8.89. The van der Waals surface area contributed by atoms with Crippen LogP contribution >= 0.6 is 0 Å². The van der Waals surface area contributed by atoms with E-state index < -0.39 is 35.7 Å². The number of aromatic nitrogens is 2. The first kappa shape index (κ1) is 37.0. The molecule has 0 aliphatic carbocycles. The molecule has 11 heteroatoms. The molecule has 1 aliphatic heterocycles. The summed E-state index contributed by atoms with van der Waals surface area (Å²) in [5.41, 5.74) is 4.59. The van der Waals surface area contributed by atoms with Gasteiger partial charge in [0.15, 0.2) is 0 Å². The minimum absolute atomic E-state index is 0.0709. The topological polar surface area (TPSA) is 148 Å². The lowest BCUT2D eigenvalue weighted by molar-refractivity contribution is -0.129. The van der Waals surface area contributed by atoms with Crippen molar-refractivity contribution >= 4 is 18.0 Å². The molecule has 1 saturated heterocycles. The van der Waals surface area contributed by atoms with E-state index in [1.807, 2.05) is 119 Å². The number of carbonyl (C=O) groups excluding carboxylic acids is 2. The van der Waals surface area contributed by atoms with Gasteiger partial charge in [-0.25, -0.2) is 9.59 Å². The Bertz CT molecular complexity index is 1760. The second kappa shape index (κ2) is 16.6. The van der Waals surface area contributed by atoms with E-state index in [-0.39, 0.29) is 24.8 Å². The quantitative estimate of drug-likeness (QED) is 0.137. The van der Waals surface area contributed by atoms with Crippen LogP contribution in [0.3, 0.4) is 0 Å². The fraction of sp³-hybridized carbons (Fsp3) is 0.375. The standard InChI is InChI=1S/C40H48N6O5/c1-27-11-10-14-31(42-27)26-45-21-22-46(39(45)51)36(40(2,3)4)37(48)43-32(23-29-16-18-30(19-17-29)33-15-8-9-20-41-33)25-35(47)34(44-38(49)50)24-28-12-6-5-7-13-28/h5-20,32,34-36,44,47H,21-26H2,1-4H3,(H,43,48)(H,49,50)/t32-,34-,35-,36+/m0/s1. The molecule has 0 unspecified atom stereocenters. The Balaban J connectivity index is 1.38.